The van der Waals surface area contributed by atoms with E-state index in [0.29, 0.717) is 44.2 Å². The molecule has 7 heteroatoms. The Kier molecular flexibility index (Phi) is 8.21. The number of aromatic nitrogens is 1. The van der Waals surface area contributed by atoms with Gasteiger partial charge in [0.2, 0.25) is 11.8 Å². The number of carbonyl (C=O) groups excluding carboxylic acids is 1. The van der Waals surface area contributed by atoms with Crippen LogP contribution in [0.2, 0.25) is 0 Å². The highest BCUT2D eigenvalue weighted by atomic mass is 79.9. The molecule has 1 aromatic heterocycles. The van der Waals surface area contributed by atoms with Crippen LogP contribution >= 0.6 is 15.9 Å². The number of halogens is 1. The van der Waals surface area contributed by atoms with Gasteiger partial charge in [0.1, 0.15) is 18.0 Å². The molecule has 0 saturated heterocycles. The second-order valence-electron chi connectivity index (χ2n) is 5.15. The second kappa shape index (κ2) is 10.7. The van der Waals surface area contributed by atoms with Crippen LogP contribution in [-0.2, 0) is 9.53 Å². The van der Waals surface area contributed by atoms with Crippen molar-refractivity contribution in [2.24, 2.45) is 0 Å². The first-order valence-electron chi connectivity index (χ1n) is 7.94. The number of hydrogen-bond donors (Lipinski definition) is 1. The van der Waals surface area contributed by atoms with Gasteiger partial charge in [-0.2, -0.15) is 0 Å². The average Bonchev–Trinajstić information content (AvgIpc) is 2.60. The van der Waals surface area contributed by atoms with Crippen LogP contribution in [0.5, 0.6) is 11.6 Å². The molecule has 0 saturated carbocycles. The fourth-order valence-corrected chi connectivity index (χ4v) is 2.39. The molecule has 0 aliphatic carbocycles. The van der Waals surface area contributed by atoms with Crippen molar-refractivity contribution < 1.29 is 19.0 Å². The van der Waals surface area contributed by atoms with E-state index >= 15 is 0 Å². The molecule has 1 N–H and O–H groups in total. The Balaban J connectivity index is 1.74. The van der Waals surface area contributed by atoms with E-state index in [-0.39, 0.29) is 5.91 Å². The first kappa shape index (κ1) is 19.2. The Hall–Kier alpha value is -2.12. The fourth-order valence-electron chi connectivity index (χ4n) is 2.01. The molecule has 2 aromatic rings. The van der Waals surface area contributed by atoms with Gasteiger partial charge in [-0.3, -0.25) is 4.79 Å². The van der Waals surface area contributed by atoms with Crippen molar-refractivity contribution >= 4 is 27.5 Å². The van der Waals surface area contributed by atoms with Crippen LogP contribution < -0.4 is 14.8 Å². The Morgan fingerprint density at radius 3 is 2.84 bits per heavy atom. The number of amides is 1. The summed E-state index contributed by atoms with van der Waals surface area (Å²) in [5, 5.41) is 2.81. The Morgan fingerprint density at radius 1 is 1.16 bits per heavy atom. The van der Waals surface area contributed by atoms with Gasteiger partial charge in [0.15, 0.2) is 0 Å². The SMILES string of the molecule is COCCOc1ncccc1NC(=O)CCCOc1cccc(Br)c1. The minimum Gasteiger partial charge on any atom is -0.494 e. The van der Waals surface area contributed by atoms with Crippen LogP contribution in [0.3, 0.4) is 0 Å². The van der Waals surface area contributed by atoms with Crippen LogP contribution in [0, 0.1) is 0 Å². The zero-order chi connectivity index (χ0) is 17.9. The number of nitrogens with one attached hydrogen (secondary N) is 1. The molecule has 1 aromatic carbocycles. The Bertz CT molecular complexity index is 682. The fraction of sp³-hybridized carbons (Fsp3) is 0.333. The number of pyridine rings is 1. The molecule has 6 nitrogen and oxygen atoms in total. The van der Waals surface area contributed by atoms with Gasteiger partial charge in [0.25, 0.3) is 0 Å². The molecule has 25 heavy (non-hydrogen) atoms. The molecule has 0 atom stereocenters. The summed E-state index contributed by atoms with van der Waals surface area (Å²) in [5.41, 5.74) is 0.552. The number of hydrogen-bond acceptors (Lipinski definition) is 5. The zero-order valence-corrected chi connectivity index (χ0v) is 15.6. The van der Waals surface area contributed by atoms with Crippen LogP contribution in [0.1, 0.15) is 12.8 Å². The standard InChI is InChI=1S/C18H21BrN2O4/c1-23-11-12-25-18-16(7-3-9-20-18)21-17(22)8-4-10-24-15-6-2-5-14(19)13-15/h2-3,5-7,9,13H,4,8,10-12H2,1H3,(H,21,22). The van der Waals surface area contributed by atoms with Gasteiger partial charge < -0.3 is 19.5 Å². The van der Waals surface area contributed by atoms with Crippen LogP contribution in [-0.4, -0.2) is 37.8 Å². The van der Waals surface area contributed by atoms with Crippen molar-refractivity contribution in [3.05, 3.63) is 47.1 Å². The van der Waals surface area contributed by atoms with Gasteiger partial charge >= 0.3 is 0 Å². The van der Waals surface area contributed by atoms with Crippen molar-refractivity contribution in [1.82, 2.24) is 4.98 Å². The summed E-state index contributed by atoms with van der Waals surface area (Å²) >= 11 is 3.39. The van der Waals surface area contributed by atoms with E-state index in [4.69, 9.17) is 14.2 Å². The van der Waals surface area contributed by atoms with Crippen LogP contribution in [0.15, 0.2) is 47.1 Å². The summed E-state index contributed by atoms with van der Waals surface area (Å²) in [5.74, 6) is 1.05. The molecule has 2 rings (SSSR count). The van der Waals surface area contributed by atoms with Crippen molar-refractivity contribution in [2.75, 3.05) is 32.2 Å². The largest absolute Gasteiger partial charge is 0.494 e. The third-order valence-electron chi connectivity index (χ3n) is 3.18. The lowest BCUT2D eigenvalue weighted by Gasteiger charge is -2.11. The number of carbonyl (C=O) groups is 1. The maximum atomic E-state index is 12.1. The zero-order valence-electron chi connectivity index (χ0n) is 14.0. The predicted octanol–water partition coefficient (Wildman–Crippen LogP) is 3.67. The van der Waals surface area contributed by atoms with Gasteiger partial charge in [-0.1, -0.05) is 22.0 Å². The van der Waals surface area contributed by atoms with Crippen LogP contribution in [0.4, 0.5) is 5.69 Å². The number of nitrogens with zero attached hydrogens (tertiary/aromatic N) is 1. The Morgan fingerprint density at radius 2 is 2.04 bits per heavy atom. The van der Waals surface area contributed by atoms with E-state index < -0.39 is 0 Å². The first-order valence-corrected chi connectivity index (χ1v) is 8.73. The second-order valence-corrected chi connectivity index (χ2v) is 6.07. The van der Waals surface area contributed by atoms with E-state index in [1.165, 1.54) is 0 Å². The number of benzene rings is 1. The van der Waals surface area contributed by atoms with Gasteiger partial charge in [-0.05, 0) is 36.8 Å². The van der Waals surface area contributed by atoms with Crippen molar-refractivity contribution in [3.63, 3.8) is 0 Å². The third kappa shape index (κ3) is 7.11. The summed E-state index contributed by atoms with van der Waals surface area (Å²) in [6, 6.07) is 11.1. The number of ether oxygens (including phenoxy) is 3. The summed E-state index contributed by atoms with van der Waals surface area (Å²) in [4.78, 5) is 16.2. The van der Waals surface area contributed by atoms with E-state index in [0.717, 1.165) is 10.2 Å². The number of methoxy groups -OCH3 is 1. The average molecular weight is 409 g/mol. The van der Waals surface area contributed by atoms with Gasteiger partial charge in [-0.25, -0.2) is 4.98 Å². The summed E-state index contributed by atoms with van der Waals surface area (Å²) < 4.78 is 17.0. The molecule has 1 heterocycles. The summed E-state index contributed by atoms with van der Waals surface area (Å²) in [6.45, 7) is 1.29. The molecular formula is C18H21BrN2O4. The predicted molar refractivity (Wildman–Crippen MR) is 99.1 cm³/mol. The Labute approximate surface area is 155 Å². The minimum absolute atomic E-state index is 0.109. The topological polar surface area (TPSA) is 69.7 Å². The molecule has 0 unspecified atom stereocenters. The highest BCUT2D eigenvalue weighted by Gasteiger charge is 2.09. The molecule has 0 aliphatic rings. The normalized spacial score (nSPS) is 10.3. The quantitative estimate of drug-likeness (QED) is 0.607. The molecule has 0 spiro atoms. The molecular weight excluding hydrogens is 388 g/mol. The number of anilines is 1. The highest BCUT2D eigenvalue weighted by Crippen LogP contribution is 2.21. The molecule has 1 amide bonds. The smallest absolute Gasteiger partial charge is 0.237 e. The van der Waals surface area contributed by atoms with E-state index in [9.17, 15) is 4.79 Å². The van der Waals surface area contributed by atoms with Crippen molar-refractivity contribution in [1.29, 1.82) is 0 Å². The minimum atomic E-state index is -0.109. The lowest BCUT2D eigenvalue weighted by Crippen LogP contribution is -2.15. The third-order valence-corrected chi connectivity index (χ3v) is 3.68. The van der Waals surface area contributed by atoms with Gasteiger partial charge in [-0.15, -0.1) is 0 Å². The molecule has 0 radical (unpaired) electrons. The maximum Gasteiger partial charge on any atom is 0.237 e. The van der Waals surface area contributed by atoms with Crippen molar-refractivity contribution in [2.45, 2.75) is 12.8 Å². The maximum absolute atomic E-state index is 12.1. The van der Waals surface area contributed by atoms with E-state index in [1.54, 1.807) is 25.4 Å². The summed E-state index contributed by atoms with van der Waals surface area (Å²) in [7, 11) is 1.60. The monoisotopic (exact) mass is 408 g/mol. The highest BCUT2D eigenvalue weighted by molar-refractivity contribution is 9.10. The van der Waals surface area contributed by atoms with Crippen molar-refractivity contribution in [3.8, 4) is 11.6 Å². The first-order chi connectivity index (χ1) is 12.2. The lowest BCUT2D eigenvalue weighted by molar-refractivity contribution is -0.116. The van der Waals surface area contributed by atoms with Crippen LogP contribution in [0.25, 0.3) is 0 Å². The molecule has 134 valence electrons. The van der Waals surface area contributed by atoms with Gasteiger partial charge in [0.05, 0.1) is 13.2 Å². The number of rotatable bonds is 10. The van der Waals surface area contributed by atoms with E-state index in [2.05, 4.69) is 26.2 Å². The summed E-state index contributed by atoms with van der Waals surface area (Å²) in [6.07, 6.45) is 2.57. The molecule has 0 fully saturated rings. The van der Waals surface area contributed by atoms with E-state index in [1.807, 2.05) is 24.3 Å². The lowest BCUT2D eigenvalue weighted by atomic mass is 10.3. The molecule has 0 aliphatic heterocycles. The molecule has 0 bridgehead atoms. The van der Waals surface area contributed by atoms with Gasteiger partial charge in [0, 0.05) is 24.2 Å².